The van der Waals surface area contributed by atoms with Gasteiger partial charge in [0.2, 0.25) is 0 Å². The smallest absolute Gasteiger partial charge is 0.298 e. The van der Waals surface area contributed by atoms with Crippen LogP contribution in [0, 0.1) is 0 Å². The van der Waals surface area contributed by atoms with Crippen molar-refractivity contribution in [2.24, 2.45) is 0 Å². The first-order valence-corrected chi connectivity index (χ1v) is 10.6. The molecule has 0 fully saturated rings. The average molecular weight is 426 g/mol. The maximum atomic E-state index is 12.9. The molecular weight excluding hydrogens is 413 g/mol. The minimum atomic E-state index is -4.47. The molecular formula is C18H13F3N2O3S2. The maximum Gasteiger partial charge on any atom is 0.416 e. The molecule has 146 valence electrons. The van der Waals surface area contributed by atoms with Crippen molar-refractivity contribution in [1.82, 2.24) is 4.98 Å². The minimum Gasteiger partial charge on any atom is -0.298 e. The summed E-state index contributed by atoms with van der Waals surface area (Å²) in [5.74, 6) is -0.675. The third kappa shape index (κ3) is 4.39. The molecule has 0 saturated heterocycles. The van der Waals surface area contributed by atoms with E-state index in [4.69, 9.17) is 0 Å². The van der Waals surface area contributed by atoms with Crippen LogP contribution in [0.25, 0.3) is 11.3 Å². The van der Waals surface area contributed by atoms with E-state index in [2.05, 4.69) is 10.3 Å². The number of sulfone groups is 1. The summed E-state index contributed by atoms with van der Waals surface area (Å²) in [6, 6.07) is 10.4. The zero-order valence-corrected chi connectivity index (χ0v) is 16.0. The van der Waals surface area contributed by atoms with Crippen LogP contribution in [-0.2, 0) is 16.0 Å². The van der Waals surface area contributed by atoms with Crippen molar-refractivity contribution in [3.8, 4) is 11.3 Å². The molecule has 0 aliphatic heterocycles. The lowest BCUT2D eigenvalue weighted by atomic mass is 10.1. The number of anilines is 1. The summed E-state index contributed by atoms with van der Waals surface area (Å²) in [6.45, 7) is 0. The van der Waals surface area contributed by atoms with E-state index >= 15 is 0 Å². The number of rotatable bonds is 4. The standard InChI is InChI=1S/C18H13F3N2O3S2/c1-28(25,26)15-8-3-2-7-13(15)16(24)23-17-22-14(10-27-17)11-5-4-6-12(9-11)18(19,20)21/h2-10H,1H3,(H,22,23,24). The van der Waals surface area contributed by atoms with Crippen LogP contribution in [0.5, 0.6) is 0 Å². The fraction of sp³-hybridized carbons (Fsp3) is 0.111. The largest absolute Gasteiger partial charge is 0.416 e. The maximum absolute atomic E-state index is 12.9. The van der Waals surface area contributed by atoms with Crippen molar-refractivity contribution in [3.63, 3.8) is 0 Å². The van der Waals surface area contributed by atoms with Gasteiger partial charge in [-0.15, -0.1) is 11.3 Å². The number of carbonyl (C=O) groups excluding carboxylic acids is 1. The van der Waals surface area contributed by atoms with Gasteiger partial charge in [0.05, 0.1) is 21.7 Å². The Balaban J connectivity index is 1.86. The number of hydrogen-bond donors (Lipinski definition) is 1. The normalized spacial score (nSPS) is 12.0. The second-order valence-corrected chi connectivity index (χ2v) is 8.68. The molecule has 0 aliphatic rings. The highest BCUT2D eigenvalue weighted by atomic mass is 32.2. The van der Waals surface area contributed by atoms with Gasteiger partial charge in [-0.05, 0) is 24.3 Å². The number of aromatic nitrogens is 1. The van der Waals surface area contributed by atoms with Gasteiger partial charge in [-0.25, -0.2) is 13.4 Å². The summed E-state index contributed by atoms with van der Waals surface area (Å²) in [5.41, 5.74) is -0.322. The van der Waals surface area contributed by atoms with Gasteiger partial charge in [-0.2, -0.15) is 13.2 Å². The Morgan fingerprint density at radius 1 is 1.11 bits per heavy atom. The van der Waals surface area contributed by atoms with E-state index < -0.39 is 27.5 Å². The molecule has 1 aromatic heterocycles. The predicted molar refractivity (Wildman–Crippen MR) is 100 cm³/mol. The fourth-order valence-electron chi connectivity index (χ4n) is 2.46. The molecule has 0 atom stereocenters. The van der Waals surface area contributed by atoms with E-state index in [1.54, 1.807) is 0 Å². The molecule has 0 bridgehead atoms. The molecule has 1 amide bonds. The average Bonchev–Trinajstić information content (AvgIpc) is 3.09. The van der Waals surface area contributed by atoms with Gasteiger partial charge < -0.3 is 0 Å². The van der Waals surface area contributed by atoms with E-state index in [1.807, 2.05) is 0 Å². The van der Waals surface area contributed by atoms with Crippen LogP contribution in [0.2, 0.25) is 0 Å². The molecule has 0 unspecified atom stereocenters. The Morgan fingerprint density at radius 3 is 2.50 bits per heavy atom. The highest BCUT2D eigenvalue weighted by Crippen LogP contribution is 2.33. The third-order valence-electron chi connectivity index (χ3n) is 3.74. The topological polar surface area (TPSA) is 76.1 Å². The van der Waals surface area contributed by atoms with Gasteiger partial charge in [0.15, 0.2) is 15.0 Å². The lowest BCUT2D eigenvalue weighted by Gasteiger charge is -2.08. The summed E-state index contributed by atoms with van der Waals surface area (Å²) < 4.78 is 62.2. The number of halogens is 3. The summed E-state index contributed by atoms with van der Waals surface area (Å²) in [6.07, 6.45) is -3.48. The Morgan fingerprint density at radius 2 is 1.82 bits per heavy atom. The highest BCUT2D eigenvalue weighted by Gasteiger charge is 2.30. The highest BCUT2D eigenvalue weighted by molar-refractivity contribution is 7.90. The summed E-state index contributed by atoms with van der Waals surface area (Å²) in [5, 5.41) is 4.13. The van der Waals surface area contributed by atoms with Gasteiger partial charge in [-0.3, -0.25) is 10.1 Å². The molecule has 3 aromatic rings. The van der Waals surface area contributed by atoms with E-state index in [-0.39, 0.29) is 26.8 Å². The molecule has 10 heteroatoms. The van der Waals surface area contributed by atoms with Crippen LogP contribution in [-0.4, -0.2) is 25.6 Å². The zero-order chi connectivity index (χ0) is 20.5. The second kappa shape index (κ2) is 7.36. The number of thiazole rings is 1. The first-order chi connectivity index (χ1) is 13.1. The number of amides is 1. The van der Waals surface area contributed by atoms with Crippen molar-refractivity contribution in [2.75, 3.05) is 11.6 Å². The van der Waals surface area contributed by atoms with Crippen molar-refractivity contribution in [3.05, 3.63) is 65.0 Å². The molecule has 0 saturated carbocycles. The molecule has 28 heavy (non-hydrogen) atoms. The molecule has 3 rings (SSSR count). The van der Waals surface area contributed by atoms with E-state index in [9.17, 15) is 26.4 Å². The van der Waals surface area contributed by atoms with Gasteiger partial charge in [0, 0.05) is 17.2 Å². The van der Waals surface area contributed by atoms with Gasteiger partial charge >= 0.3 is 6.18 Å². The SMILES string of the molecule is CS(=O)(=O)c1ccccc1C(=O)Nc1nc(-c2cccc(C(F)(F)F)c2)cs1. The number of hydrogen-bond acceptors (Lipinski definition) is 5. The monoisotopic (exact) mass is 426 g/mol. The number of nitrogens with zero attached hydrogens (tertiary/aromatic N) is 1. The fourth-order valence-corrected chi connectivity index (χ4v) is 4.06. The van der Waals surface area contributed by atoms with Crippen molar-refractivity contribution in [2.45, 2.75) is 11.1 Å². The van der Waals surface area contributed by atoms with Crippen LogP contribution in [0.4, 0.5) is 18.3 Å². The van der Waals surface area contributed by atoms with E-state index in [1.165, 1.54) is 41.8 Å². The Kier molecular flexibility index (Phi) is 5.26. The van der Waals surface area contributed by atoms with Crippen LogP contribution in [0.15, 0.2) is 58.8 Å². The molecule has 0 aliphatic carbocycles. The molecule has 1 heterocycles. The van der Waals surface area contributed by atoms with Crippen LogP contribution >= 0.6 is 11.3 Å². The third-order valence-corrected chi connectivity index (χ3v) is 5.65. The Labute approximate surface area is 162 Å². The number of benzene rings is 2. The number of nitrogens with one attached hydrogen (secondary N) is 1. The first-order valence-electron chi connectivity index (χ1n) is 7.79. The van der Waals surface area contributed by atoms with Gasteiger partial charge in [0.1, 0.15) is 0 Å². The van der Waals surface area contributed by atoms with Gasteiger partial charge in [-0.1, -0.05) is 24.3 Å². The first kappa shape index (κ1) is 20.0. The molecule has 1 N–H and O–H groups in total. The predicted octanol–water partition coefficient (Wildman–Crippen LogP) is 4.48. The summed E-state index contributed by atoms with van der Waals surface area (Å²) in [4.78, 5) is 16.5. The van der Waals surface area contributed by atoms with Crippen LogP contribution in [0.1, 0.15) is 15.9 Å². The molecule has 0 spiro atoms. The van der Waals surface area contributed by atoms with E-state index in [0.717, 1.165) is 29.7 Å². The Hall–Kier alpha value is -2.72. The van der Waals surface area contributed by atoms with Crippen LogP contribution in [0.3, 0.4) is 0 Å². The number of alkyl halides is 3. The van der Waals surface area contributed by atoms with Crippen molar-refractivity contribution in [1.29, 1.82) is 0 Å². The zero-order valence-electron chi connectivity index (χ0n) is 14.3. The molecule has 0 radical (unpaired) electrons. The molecule has 2 aromatic carbocycles. The van der Waals surface area contributed by atoms with Crippen LogP contribution < -0.4 is 5.32 Å². The van der Waals surface area contributed by atoms with Crippen molar-refractivity contribution >= 4 is 32.2 Å². The summed E-state index contributed by atoms with van der Waals surface area (Å²) in [7, 11) is -3.61. The van der Waals surface area contributed by atoms with Gasteiger partial charge in [0.25, 0.3) is 5.91 Å². The lowest BCUT2D eigenvalue weighted by Crippen LogP contribution is -2.15. The number of carbonyl (C=O) groups is 1. The quantitative estimate of drug-likeness (QED) is 0.667. The molecule has 5 nitrogen and oxygen atoms in total. The lowest BCUT2D eigenvalue weighted by molar-refractivity contribution is -0.137. The Bertz CT molecular complexity index is 1140. The summed E-state index contributed by atoms with van der Waals surface area (Å²) >= 11 is 1.02. The second-order valence-electron chi connectivity index (χ2n) is 5.84. The van der Waals surface area contributed by atoms with E-state index in [0.29, 0.717) is 0 Å². The minimum absolute atomic E-state index is 0.0409. The van der Waals surface area contributed by atoms with Crippen molar-refractivity contribution < 1.29 is 26.4 Å².